The van der Waals surface area contributed by atoms with Crippen LogP contribution in [0.25, 0.3) is 0 Å². The van der Waals surface area contributed by atoms with Crippen LogP contribution in [0.5, 0.6) is 0 Å². The Balaban J connectivity index is 1.96. The first-order chi connectivity index (χ1) is 10.3. The van der Waals surface area contributed by atoms with Crippen molar-refractivity contribution in [3.05, 3.63) is 35.4 Å². The van der Waals surface area contributed by atoms with Crippen LogP contribution in [0.15, 0.2) is 24.3 Å². The Bertz CT molecular complexity index is 567. The summed E-state index contributed by atoms with van der Waals surface area (Å²) in [6.45, 7) is 6.78. The monoisotopic (exact) mass is 303 g/mol. The normalized spacial score (nSPS) is 21.4. The average Bonchev–Trinajstić information content (AvgIpc) is 2.91. The lowest BCUT2D eigenvalue weighted by atomic mass is 9.76. The highest BCUT2D eigenvalue weighted by molar-refractivity contribution is 5.81. The molecule has 0 aromatic heterocycles. The SMILES string of the molecule is Cc1cccc(CCC(=O)N2CCC(C(=O)O)(C(C)C)C2)c1. The summed E-state index contributed by atoms with van der Waals surface area (Å²) in [7, 11) is 0. The van der Waals surface area contributed by atoms with Gasteiger partial charge in [-0.05, 0) is 31.2 Å². The standard InChI is InChI=1S/C18H25NO3/c1-13(2)18(17(21)22)9-10-19(12-18)16(20)8-7-15-6-4-5-14(3)11-15/h4-6,11,13H,7-10,12H2,1-3H3,(H,21,22). The largest absolute Gasteiger partial charge is 0.481 e. The van der Waals surface area contributed by atoms with Gasteiger partial charge >= 0.3 is 5.97 Å². The van der Waals surface area contributed by atoms with Crippen LogP contribution in [0, 0.1) is 18.3 Å². The molecule has 1 aliphatic heterocycles. The Labute approximate surface area is 132 Å². The molecular formula is C18H25NO3. The molecule has 1 heterocycles. The van der Waals surface area contributed by atoms with Crippen molar-refractivity contribution in [1.82, 2.24) is 4.90 Å². The van der Waals surface area contributed by atoms with Crippen molar-refractivity contribution in [3.63, 3.8) is 0 Å². The van der Waals surface area contributed by atoms with Crippen molar-refractivity contribution in [2.45, 2.75) is 40.0 Å². The van der Waals surface area contributed by atoms with Crippen LogP contribution in [0.1, 0.15) is 37.8 Å². The number of rotatable bonds is 5. The number of hydrogen-bond donors (Lipinski definition) is 1. The molecule has 1 N–H and O–H groups in total. The number of carbonyl (C=O) groups excluding carboxylic acids is 1. The van der Waals surface area contributed by atoms with E-state index in [-0.39, 0.29) is 11.8 Å². The number of amides is 1. The van der Waals surface area contributed by atoms with Crippen LogP contribution in [-0.2, 0) is 16.0 Å². The highest BCUT2D eigenvalue weighted by Gasteiger charge is 2.48. The lowest BCUT2D eigenvalue weighted by Gasteiger charge is -2.28. The van der Waals surface area contributed by atoms with E-state index in [1.54, 1.807) is 4.90 Å². The van der Waals surface area contributed by atoms with E-state index in [9.17, 15) is 14.7 Å². The summed E-state index contributed by atoms with van der Waals surface area (Å²) < 4.78 is 0. The number of nitrogens with zero attached hydrogens (tertiary/aromatic N) is 1. The smallest absolute Gasteiger partial charge is 0.311 e. The molecule has 120 valence electrons. The Morgan fingerprint density at radius 1 is 1.36 bits per heavy atom. The molecule has 1 fully saturated rings. The summed E-state index contributed by atoms with van der Waals surface area (Å²) in [5.41, 5.74) is 1.57. The fourth-order valence-corrected chi connectivity index (χ4v) is 3.22. The lowest BCUT2D eigenvalue weighted by molar-refractivity contribution is -0.151. The maximum absolute atomic E-state index is 12.4. The number of aryl methyl sites for hydroxylation is 2. The third kappa shape index (κ3) is 3.32. The van der Waals surface area contributed by atoms with Crippen molar-refractivity contribution in [3.8, 4) is 0 Å². The highest BCUT2D eigenvalue weighted by atomic mass is 16.4. The Morgan fingerprint density at radius 2 is 2.09 bits per heavy atom. The summed E-state index contributed by atoms with van der Waals surface area (Å²) in [6.07, 6.45) is 1.70. The second-order valence-corrected chi connectivity index (χ2v) is 6.67. The first-order valence-electron chi connectivity index (χ1n) is 7.92. The van der Waals surface area contributed by atoms with Crippen molar-refractivity contribution in [2.24, 2.45) is 11.3 Å². The van der Waals surface area contributed by atoms with Crippen molar-refractivity contribution in [1.29, 1.82) is 0 Å². The highest BCUT2D eigenvalue weighted by Crippen LogP contribution is 2.38. The van der Waals surface area contributed by atoms with Gasteiger partial charge in [-0.3, -0.25) is 9.59 Å². The summed E-state index contributed by atoms with van der Waals surface area (Å²) in [5.74, 6) is -0.693. The summed E-state index contributed by atoms with van der Waals surface area (Å²) in [6, 6.07) is 8.15. The van der Waals surface area contributed by atoms with E-state index in [0.29, 0.717) is 32.4 Å². The Kier molecular flexibility index (Phi) is 4.89. The predicted molar refractivity (Wildman–Crippen MR) is 85.6 cm³/mol. The molecule has 1 saturated heterocycles. The minimum atomic E-state index is -0.781. The molecule has 1 atom stereocenters. The maximum atomic E-state index is 12.4. The molecule has 2 rings (SSSR count). The van der Waals surface area contributed by atoms with Gasteiger partial charge in [0.25, 0.3) is 0 Å². The molecule has 1 amide bonds. The molecule has 0 bridgehead atoms. The number of likely N-dealkylation sites (tertiary alicyclic amines) is 1. The molecule has 0 spiro atoms. The molecule has 1 unspecified atom stereocenters. The van der Waals surface area contributed by atoms with Gasteiger partial charge in [-0.1, -0.05) is 43.7 Å². The third-order valence-corrected chi connectivity index (χ3v) is 4.89. The first kappa shape index (κ1) is 16.5. The van der Waals surface area contributed by atoms with Gasteiger partial charge in [0.05, 0.1) is 5.41 Å². The second kappa shape index (κ2) is 6.51. The predicted octanol–water partition coefficient (Wildman–Crippen LogP) is 2.89. The van der Waals surface area contributed by atoms with Crippen LogP contribution >= 0.6 is 0 Å². The van der Waals surface area contributed by atoms with Gasteiger partial charge in [0.2, 0.25) is 5.91 Å². The zero-order valence-electron chi connectivity index (χ0n) is 13.6. The number of hydrogen-bond acceptors (Lipinski definition) is 2. The van der Waals surface area contributed by atoms with E-state index in [1.807, 2.05) is 39.0 Å². The average molecular weight is 303 g/mol. The zero-order valence-corrected chi connectivity index (χ0v) is 13.6. The van der Waals surface area contributed by atoms with Crippen molar-refractivity contribution >= 4 is 11.9 Å². The fraction of sp³-hybridized carbons (Fsp3) is 0.556. The third-order valence-electron chi connectivity index (χ3n) is 4.89. The van der Waals surface area contributed by atoms with Crippen molar-refractivity contribution < 1.29 is 14.7 Å². The molecule has 1 aromatic carbocycles. The molecular weight excluding hydrogens is 278 g/mol. The molecule has 4 heteroatoms. The van der Waals surface area contributed by atoms with Gasteiger partial charge in [0.1, 0.15) is 0 Å². The van der Waals surface area contributed by atoms with Gasteiger partial charge in [-0.2, -0.15) is 0 Å². The van der Waals surface area contributed by atoms with E-state index >= 15 is 0 Å². The van der Waals surface area contributed by atoms with Crippen LogP contribution in [0.4, 0.5) is 0 Å². The lowest BCUT2D eigenvalue weighted by Crippen LogP contribution is -2.40. The van der Waals surface area contributed by atoms with E-state index in [2.05, 4.69) is 6.07 Å². The number of aliphatic carboxylic acids is 1. The minimum Gasteiger partial charge on any atom is -0.481 e. The molecule has 0 saturated carbocycles. The Morgan fingerprint density at radius 3 is 2.64 bits per heavy atom. The minimum absolute atomic E-state index is 0.0274. The zero-order chi connectivity index (χ0) is 16.3. The van der Waals surface area contributed by atoms with Gasteiger partial charge in [-0.25, -0.2) is 0 Å². The number of carboxylic acids is 1. The molecule has 1 aliphatic rings. The van der Waals surface area contributed by atoms with Gasteiger partial charge in [0.15, 0.2) is 0 Å². The van der Waals surface area contributed by atoms with Crippen LogP contribution < -0.4 is 0 Å². The van der Waals surface area contributed by atoms with E-state index < -0.39 is 11.4 Å². The van der Waals surface area contributed by atoms with Crippen LogP contribution in [0.2, 0.25) is 0 Å². The first-order valence-corrected chi connectivity index (χ1v) is 7.92. The quantitative estimate of drug-likeness (QED) is 0.910. The van der Waals surface area contributed by atoms with Gasteiger partial charge in [0, 0.05) is 19.5 Å². The van der Waals surface area contributed by atoms with Crippen LogP contribution in [-0.4, -0.2) is 35.0 Å². The topological polar surface area (TPSA) is 57.6 Å². The van der Waals surface area contributed by atoms with Gasteiger partial charge in [-0.15, -0.1) is 0 Å². The molecule has 1 aromatic rings. The van der Waals surface area contributed by atoms with E-state index in [1.165, 1.54) is 5.56 Å². The maximum Gasteiger partial charge on any atom is 0.311 e. The second-order valence-electron chi connectivity index (χ2n) is 6.67. The summed E-state index contributed by atoms with van der Waals surface area (Å²) in [5, 5.41) is 9.53. The van der Waals surface area contributed by atoms with Gasteiger partial charge < -0.3 is 10.0 Å². The van der Waals surface area contributed by atoms with Crippen LogP contribution in [0.3, 0.4) is 0 Å². The summed E-state index contributed by atoms with van der Waals surface area (Å²) >= 11 is 0. The number of carbonyl (C=O) groups is 2. The molecule has 0 aliphatic carbocycles. The van der Waals surface area contributed by atoms with E-state index in [0.717, 1.165) is 5.56 Å². The molecule has 4 nitrogen and oxygen atoms in total. The molecule has 0 radical (unpaired) electrons. The number of benzene rings is 1. The van der Waals surface area contributed by atoms with E-state index in [4.69, 9.17) is 0 Å². The Hall–Kier alpha value is -1.84. The number of carboxylic acid groups (broad SMARTS) is 1. The van der Waals surface area contributed by atoms with Crippen molar-refractivity contribution in [2.75, 3.05) is 13.1 Å². The molecule has 22 heavy (non-hydrogen) atoms. The summed E-state index contributed by atoms with van der Waals surface area (Å²) in [4.78, 5) is 25.7. The fourth-order valence-electron chi connectivity index (χ4n) is 3.22.